The highest BCUT2D eigenvalue weighted by Crippen LogP contribution is 2.22. The molecule has 0 aliphatic carbocycles. The topological polar surface area (TPSA) is 59.1 Å². The van der Waals surface area contributed by atoms with E-state index < -0.39 is 0 Å². The molecule has 0 N–H and O–H groups in total. The molecule has 2 amide bonds. The number of piperazine rings is 1. The molecule has 1 fully saturated rings. The summed E-state index contributed by atoms with van der Waals surface area (Å²) in [5.74, 6) is 1.28. The Morgan fingerprint density at radius 2 is 1.67 bits per heavy atom. The molecule has 158 valence electrons. The summed E-state index contributed by atoms with van der Waals surface area (Å²) >= 11 is 0. The Labute approximate surface area is 177 Å². The Kier molecular flexibility index (Phi) is 7.12. The van der Waals surface area contributed by atoms with Crippen molar-refractivity contribution in [1.82, 2.24) is 9.80 Å². The number of ether oxygens (including phenoxy) is 2. The van der Waals surface area contributed by atoms with Crippen LogP contribution >= 0.6 is 0 Å². The molecule has 0 radical (unpaired) electrons. The van der Waals surface area contributed by atoms with Crippen LogP contribution in [0.5, 0.6) is 11.5 Å². The highest BCUT2D eigenvalue weighted by atomic mass is 16.5. The molecule has 2 aromatic carbocycles. The average Bonchev–Trinajstić information content (AvgIpc) is 2.79. The number of allylic oxidation sites excluding steroid dienone is 1. The van der Waals surface area contributed by atoms with Crippen LogP contribution < -0.4 is 9.47 Å². The Balaban J connectivity index is 1.75. The van der Waals surface area contributed by atoms with E-state index in [2.05, 4.69) is 6.58 Å². The first-order chi connectivity index (χ1) is 14.5. The number of methoxy groups -OCH3 is 2. The van der Waals surface area contributed by atoms with E-state index in [0.29, 0.717) is 24.4 Å². The average molecular weight is 408 g/mol. The standard InChI is InChI=1S/C24H28N2O4/c1-4-5-6-20-16-25(24(28)19-9-13-22(30-3)14-10-19)17-23(27)26(20)15-18-7-11-21(29-2)12-8-18/h4,7-14,20H,1,5-6,15-17H2,2-3H3/t20-/m0/s1. The van der Waals surface area contributed by atoms with Gasteiger partial charge in [-0.25, -0.2) is 0 Å². The first-order valence-corrected chi connectivity index (χ1v) is 10.0. The van der Waals surface area contributed by atoms with Crippen LogP contribution in [0.25, 0.3) is 0 Å². The highest BCUT2D eigenvalue weighted by Gasteiger charge is 2.34. The molecule has 0 saturated carbocycles. The summed E-state index contributed by atoms with van der Waals surface area (Å²) in [6.45, 7) is 4.89. The molecule has 0 aromatic heterocycles. The zero-order valence-corrected chi connectivity index (χ0v) is 17.5. The van der Waals surface area contributed by atoms with Gasteiger partial charge >= 0.3 is 0 Å². The molecule has 0 unspecified atom stereocenters. The predicted octanol–water partition coefficient (Wildman–Crippen LogP) is 3.52. The molecule has 1 aliphatic rings. The van der Waals surface area contributed by atoms with Crippen LogP contribution in [-0.4, -0.2) is 55.0 Å². The summed E-state index contributed by atoms with van der Waals surface area (Å²) in [7, 11) is 3.21. The van der Waals surface area contributed by atoms with Gasteiger partial charge in [-0.1, -0.05) is 18.2 Å². The third kappa shape index (κ3) is 5.00. The Morgan fingerprint density at radius 1 is 1.07 bits per heavy atom. The molecule has 0 bridgehead atoms. The third-order valence-corrected chi connectivity index (χ3v) is 5.36. The summed E-state index contributed by atoms with van der Waals surface area (Å²) in [6, 6.07) is 14.6. The van der Waals surface area contributed by atoms with E-state index in [9.17, 15) is 9.59 Å². The van der Waals surface area contributed by atoms with E-state index in [1.165, 1.54) is 0 Å². The van der Waals surface area contributed by atoms with Gasteiger partial charge in [0.05, 0.1) is 20.3 Å². The van der Waals surface area contributed by atoms with E-state index in [-0.39, 0.29) is 24.4 Å². The summed E-state index contributed by atoms with van der Waals surface area (Å²) in [4.78, 5) is 29.5. The number of hydrogen-bond acceptors (Lipinski definition) is 4. The molecule has 2 aromatic rings. The van der Waals surface area contributed by atoms with Gasteiger partial charge in [0.1, 0.15) is 18.0 Å². The van der Waals surface area contributed by atoms with Gasteiger partial charge in [-0.3, -0.25) is 9.59 Å². The lowest BCUT2D eigenvalue weighted by molar-refractivity contribution is -0.139. The molecule has 1 saturated heterocycles. The molecule has 0 spiro atoms. The van der Waals surface area contributed by atoms with Gasteiger partial charge in [0.2, 0.25) is 5.91 Å². The van der Waals surface area contributed by atoms with Crippen LogP contribution in [-0.2, 0) is 11.3 Å². The van der Waals surface area contributed by atoms with Crippen LogP contribution in [0.4, 0.5) is 0 Å². The molecule has 6 heteroatoms. The van der Waals surface area contributed by atoms with Crippen LogP contribution in [0.3, 0.4) is 0 Å². The number of nitrogens with zero attached hydrogens (tertiary/aromatic N) is 2. The number of amides is 2. The third-order valence-electron chi connectivity index (χ3n) is 5.36. The van der Waals surface area contributed by atoms with E-state index in [1.807, 2.05) is 35.2 Å². The van der Waals surface area contributed by atoms with E-state index in [1.54, 1.807) is 43.4 Å². The minimum Gasteiger partial charge on any atom is -0.497 e. The normalized spacial score (nSPS) is 16.3. The number of carbonyl (C=O) groups excluding carboxylic acids is 2. The largest absolute Gasteiger partial charge is 0.497 e. The van der Waals surface area contributed by atoms with Crippen LogP contribution in [0.1, 0.15) is 28.8 Å². The fraction of sp³-hybridized carbons (Fsp3) is 0.333. The Bertz CT molecular complexity index is 877. The van der Waals surface area contributed by atoms with Gasteiger partial charge in [0, 0.05) is 18.7 Å². The van der Waals surface area contributed by atoms with Crippen molar-refractivity contribution >= 4 is 11.8 Å². The first-order valence-electron chi connectivity index (χ1n) is 10.0. The number of rotatable bonds is 8. The maximum absolute atomic E-state index is 13.0. The van der Waals surface area contributed by atoms with Crippen molar-refractivity contribution in [3.8, 4) is 11.5 Å². The molecular weight excluding hydrogens is 380 g/mol. The van der Waals surface area contributed by atoms with Gasteiger partial charge in [-0.15, -0.1) is 6.58 Å². The lowest BCUT2D eigenvalue weighted by Gasteiger charge is -2.41. The van der Waals surface area contributed by atoms with Crippen LogP contribution in [0.15, 0.2) is 61.2 Å². The molecule has 3 rings (SSSR count). The highest BCUT2D eigenvalue weighted by molar-refractivity contribution is 5.97. The summed E-state index contributed by atoms with van der Waals surface area (Å²) < 4.78 is 10.4. The minimum absolute atomic E-state index is 0.0482. The molecular formula is C24H28N2O4. The van der Waals surface area contributed by atoms with E-state index in [0.717, 1.165) is 24.2 Å². The van der Waals surface area contributed by atoms with Crippen molar-refractivity contribution in [2.45, 2.75) is 25.4 Å². The second kappa shape index (κ2) is 9.96. The predicted molar refractivity (Wildman–Crippen MR) is 116 cm³/mol. The molecule has 30 heavy (non-hydrogen) atoms. The number of benzene rings is 2. The van der Waals surface area contributed by atoms with Gasteiger partial charge < -0.3 is 19.3 Å². The molecule has 1 atom stereocenters. The summed E-state index contributed by atoms with van der Waals surface area (Å²) in [5, 5.41) is 0. The van der Waals surface area contributed by atoms with Crippen molar-refractivity contribution < 1.29 is 19.1 Å². The first kappa shape index (κ1) is 21.4. The zero-order valence-electron chi connectivity index (χ0n) is 17.5. The molecule has 1 aliphatic heterocycles. The summed E-state index contributed by atoms with van der Waals surface area (Å²) in [5.41, 5.74) is 1.58. The quantitative estimate of drug-likeness (QED) is 0.627. The lowest BCUT2D eigenvalue weighted by Crippen LogP contribution is -2.57. The zero-order chi connectivity index (χ0) is 21.5. The van der Waals surface area contributed by atoms with Gasteiger partial charge in [-0.2, -0.15) is 0 Å². The van der Waals surface area contributed by atoms with Crippen molar-refractivity contribution in [2.75, 3.05) is 27.3 Å². The monoisotopic (exact) mass is 408 g/mol. The molecule has 1 heterocycles. The van der Waals surface area contributed by atoms with Crippen molar-refractivity contribution in [3.05, 3.63) is 72.3 Å². The maximum Gasteiger partial charge on any atom is 0.254 e. The van der Waals surface area contributed by atoms with Crippen LogP contribution in [0, 0.1) is 0 Å². The smallest absolute Gasteiger partial charge is 0.254 e. The van der Waals surface area contributed by atoms with E-state index >= 15 is 0 Å². The fourth-order valence-corrected chi connectivity index (χ4v) is 3.65. The van der Waals surface area contributed by atoms with E-state index in [4.69, 9.17) is 9.47 Å². The Morgan fingerprint density at radius 3 is 2.23 bits per heavy atom. The second-order valence-electron chi connectivity index (χ2n) is 7.30. The van der Waals surface area contributed by atoms with Crippen molar-refractivity contribution in [3.63, 3.8) is 0 Å². The van der Waals surface area contributed by atoms with Crippen LogP contribution in [0.2, 0.25) is 0 Å². The second-order valence-corrected chi connectivity index (χ2v) is 7.30. The molecule has 6 nitrogen and oxygen atoms in total. The maximum atomic E-state index is 13.0. The van der Waals surface area contributed by atoms with Gasteiger partial charge in [0.15, 0.2) is 0 Å². The van der Waals surface area contributed by atoms with Crippen molar-refractivity contribution in [2.24, 2.45) is 0 Å². The lowest BCUT2D eigenvalue weighted by atomic mass is 10.0. The number of carbonyl (C=O) groups is 2. The fourth-order valence-electron chi connectivity index (χ4n) is 3.65. The Hall–Kier alpha value is -3.28. The SMILES string of the molecule is C=CCC[C@H]1CN(C(=O)c2ccc(OC)cc2)CC(=O)N1Cc1ccc(OC)cc1. The van der Waals surface area contributed by atoms with Gasteiger partial charge in [0.25, 0.3) is 5.91 Å². The number of hydrogen-bond donors (Lipinski definition) is 0. The summed E-state index contributed by atoms with van der Waals surface area (Å²) in [6.07, 6.45) is 3.39. The minimum atomic E-state index is -0.140. The van der Waals surface area contributed by atoms with Gasteiger partial charge in [-0.05, 0) is 54.8 Å². The van der Waals surface area contributed by atoms with Crippen molar-refractivity contribution in [1.29, 1.82) is 0 Å².